The first-order valence-corrected chi connectivity index (χ1v) is 11.4. The molecule has 0 saturated heterocycles. The maximum atomic E-state index is 12.4. The van der Waals surface area contributed by atoms with Gasteiger partial charge in [0.25, 0.3) is 10.0 Å². The number of carbonyl (C=O) groups is 1. The van der Waals surface area contributed by atoms with E-state index in [-0.39, 0.29) is 15.7 Å². The summed E-state index contributed by atoms with van der Waals surface area (Å²) in [5, 5.41) is 4.04. The van der Waals surface area contributed by atoms with Gasteiger partial charge in [0.2, 0.25) is 0 Å². The van der Waals surface area contributed by atoms with E-state index in [0.29, 0.717) is 16.7 Å². The highest BCUT2D eigenvalue weighted by molar-refractivity contribution is 7.89. The molecule has 0 fully saturated rings. The molecule has 33 heavy (non-hydrogen) atoms. The van der Waals surface area contributed by atoms with Crippen molar-refractivity contribution in [1.82, 2.24) is 14.8 Å². The minimum atomic E-state index is -3.82. The first kappa shape index (κ1) is 23.9. The number of esters is 1. The van der Waals surface area contributed by atoms with Gasteiger partial charge in [-0.2, -0.15) is 13.5 Å². The van der Waals surface area contributed by atoms with Crippen molar-refractivity contribution in [2.45, 2.75) is 18.7 Å². The van der Waals surface area contributed by atoms with Gasteiger partial charge in [-0.25, -0.2) is 19.6 Å². The molecular formula is C23H19ClN4O4S. The predicted molar refractivity (Wildman–Crippen MR) is 125 cm³/mol. The number of aromatic nitrogens is 2. The Kier molecular flexibility index (Phi) is 7.43. The van der Waals surface area contributed by atoms with E-state index in [1.807, 2.05) is 6.92 Å². The number of sulfonamides is 1. The summed E-state index contributed by atoms with van der Waals surface area (Å²) in [6.07, 6.45) is 4.23. The van der Waals surface area contributed by atoms with E-state index < -0.39 is 16.0 Å². The molecule has 2 aromatic heterocycles. The number of halogens is 1. The highest BCUT2D eigenvalue weighted by atomic mass is 35.5. The second-order valence-electron chi connectivity index (χ2n) is 6.89. The zero-order valence-electron chi connectivity index (χ0n) is 18.0. The summed E-state index contributed by atoms with van der Waals surface area (Å²) < 4.78 is 29.5. The van der Waals surface area contributed by atoms with Crippen LogP contribution in [0.1, 0.15) is 38.3 Å². The topological polar surface area (TPSA) is 111 Å². The number of carbonyl (C=O) groups excluding carboxylic acids is 1. The molecule has 0 unspecified atom stereocenters. The van der Waals surface area contributed by atoms with Crippen LogP contribution in [0.2, 0.25) is 5.15 Å². The average Bonchev–Trinajstić information content (AvgIpc) is 2.79. The molecule has 0 atom stereocenters. The van der Waals surface area contributed by atoms with Gasteiger partial charge < -0.3 is 4.74 Å². The van der Waals surface area contributed by atoms with Crippen molar-refractivity contribution in [2.24, 2.45) is 5.10 Å². The normalized spacial score (nSPS) is 11.0. The SMILES string of the molecule is COC(=O)c1cc(C)c(C#Cc2cnc(Cl)cc2/C=N/NS(=O)(=O)c2ccc(C)cc2)cn1. The quantitative estimate of drug-likeness (QED) is 0.196. The number of benzene rings is 1. The summed E-state index contributed by atoms with van der Waals surface area (Å²) in [5.41, 5.74) is 3.39. The van der Waals surface area contributed by atoms with Crippen molar-refractivity contribution in [2.75, 3.05) is 7.11 Å². The van der Waals surface area contributed by atoms with Crippen LogP contribution in [0.15, 0.2) is 58.8 Å². The largest absolute Gasteiger partial charge is 0.464 e. The molecule has 10 heteroatoms. The number of ether oxygens (including phenoxy) is 1. The molecule has 0 bridgehead atoms. The molecule has 1 aromatic carbocycles. The van der Waals surface area contributed by atoms with E-state index in [0.717, 1.165) is 11.1 Å². The van der Waals surface area contributed by atoms with E-state index in [1.165, 1.54) is 43.9 Å². The minimum absolute atomic E-state index is 0.0939. The van der Waals surface area contributed by atoms with Crippen LogP contribution in [0.25, 0.3) is 0 Å². The molecule has 1 N–H and O–H groups in total. The third kappa shape index (κ3) is 6.16. The summed E-state index contributed by atoms with van der Waals surface area (Å²) in [7, 11) is -2.54. The first-order valence-electron chi connectivity index (χ1n) is 9.53. The number of methoxy groups -OCH3 is 1. The van der Waals surface area contributed by atoms with Crippen molar-refractivity contribution in [3.05, 3.63) is 87.5 Å². The van der Waals surface area contributed by atoms with E-state index in [4.69, 9.17) is 11.6 Å². The fourth-order valence-electron chi connectivity index (χ4n) is 2.63. The first-order chi connectivity index (χ1) is 15.7. The molecule has 3 rings (SSSR count). The Morgan fingerprint density at radius 3 is 2.42 bits per heavy atom. The Labute approximate surface area is 196 Å². The van der Waals surface area contributed by atoms with Crippen molar-refractivity contribution in [3.63, 3.8) is 0 Å². The Morgan fingerprint density at radius 2 is 1.76 bits per heavy atom. The maximum absolute atomic E-state index is 12.4. The Balaban J connectivity index is 1.85. The minimum Gasteiger partial charge on any atom is -0.464 e. The number of hydrazone groups is 1. The van der Waals surface area contributed by atoms with Crippen LogP contribution < -0.4 is 4.83 Å². The Morgan fingerprint density at radius 1 is 1.09 bits per heavy atom. The number of nitrogens with one attached hydrogen (secondary N) is 1. The van der Waals surface area contributed by atoms with Gasteiger partial charge in [-0.3, -0.25) is 0 Å². The lowest BCUT2D eigenvalue weighted by Gasteiger charge is -2.04. The van der Waals surface area contributed by atoms with Crippen LogP contribution in [-0.4, -0.2) is 37.7 Å². The molecule has 168 valence electrons. The van der Waals surface area contributed by atoms with Gasteiger partial charge in [-0.05, 0) is 43.7 Å². The van der Waals surface area contributed by atoms with Crippen LogP contribution in [0.3, 0.4) is 0 Å². The van der Waals surface area contributed by atoms with Gasteiger partial charge in [-0.15, -0.1) is 0 Å². The van der Waals surface area contributed by atoms with E-state index in [1.54, 1.807) is 25.1 Å². The van der Waals surface area contributed by atoms with Crippen LogP contribution in [0.4, 0.5) is 0 Å². The number of pyridine rings is 2. The molecular weight excluding hydrogens is 464 g/mol. The number of hydrogen-bond donors (Lipinski definition) is 1. The third-order valence-corrected chi connectivity index (χ3v) is 5.89. The molecule has 8 nitrogen and oxygen atoms in total. The van der Waals surface area contributed by atoms with Crippen LogP contribution in [-0.2, 0) is 14.8 Å². The molecule has 0 aliphatic heterocycles. The van der Waals surface area contributed by atoms with Gasteiger partial charge >= 0.3 is 5.97 Å². The highest BCUT2D eigenvalue weighted by Crippen LogP contribution is 2.13. The lowest BCUT2D eigenvalue weighted by Crippen LogP contribution is -2.18. The van der Waals surface area contributed by atoms with Gasteiger partial charge in [0.1, 0.15) is 10.8 Å². The summed E-state index contributed by atoms with van der Waals surface area (Å²) in [6, 6.07) is 9.48. The Bertz CT molecular complexity index is 1390. The van der Waals surface area contributed by atoms with Crippen molar-refractivity contribution in [1.29, 1.82) is 0 Å². The standard InChI is InChI=1S/C23H19ClN4O4S/c1-15-4-8-20(9-5-15)33(30,31)28-27-14-19-11-22(24)26-13-18(19)7-6-17-12-25-21(10-16(17)2)23(29)32-3/h4-5,8-14,28H,1-3H3/b27-14+. The van der Waals surface area contributed by atoms with Gasteiger partial charge in [-0.1, -0.05) is 41.1 Å². The fourth-order valence-corrected chi connectivity index (χ4v) is 3.59. The molecule has 3 aromatic rings. The van der Waals surface area contributed by atoms with Crippen LogP contribution in [0, 0.1) is 25.7 Å². The van der Waals surface area contributed by atoms with Crippen LogP contribution >= 0.6 is 11.6 Å². The number of hydrogen-bond acceptors (Lipinski definition) is 7. The maximum Gasteiger partial charge on any atom is 0.356 e. The average molecular weight is 483 g/mol. The second kappa shape index (κ2) is 10.3. The number of aryl methyl sites for hydroxylation is 2. The third-order valence-electron chi connectivity index (χ3n) is 4.45. The van der Waals surface area contributed by atoms with E-state index in [9.17, 15) is 13.2 Å². The van der Waals surface area contributed by atoms with Gasteiger partial charge in [0, 0.05) is 23.5 Å². The van der Waals surface area contributed by atoms with E-state index in [2.05, 4.69) is 36.5 Å². The number of nitrogens with zero attached hydrogens (tertiary/aromatic N) is 3. The molecule has 0 saturated carbocycles. The molecule has 2 heterocycles. The molecule has 0 radical (unpaired) electrons. The van der Waals surface area contributed by atoms with Gasteiger partial charge in [0.15, 0.2) is 0 Å². The molecule has 0 amide bonds. The zero-order chi connectivity index (χ0) is 24.0. The molecule has 0 spiro atoms. The smallest absolute Gasteiger partial charge is 0.356 e. The lowest BCUT2D eigenvalue weighted by atomic mass is 10.1. The summed E-state index contributed by atoms with van der Waals surface area (Å²) in [4.78, 5) is 21.9. The second-order valence-corrected chi connectivity index (χ2v) is 8.93. The highest BCUT2D eigenvalue weighted by Gasteiger charge is 2.12. The summed E-state index contributed by atoms with van der Waals surface area (Å²) >= 11 is 5.99. The van der Waals surface area contributed by atoms with E-state index >= 15 is 0 Å². The monoisotopic (exact) mass is 482 g/mol. The molecule has 0 aliphatic carbocycles. The number of rotatable bonds is 5. The van der Waals surface area contributed by atoms with Crippen molar-refractivity contribution >= 4 is 33.8 Å². The summed E-state index contributed by atoms with van der Waals surface area (Å²) in [5.74, 6) is 5.38. The lowest BCUT2D eigenvalue weighted by molar-refractivity contribution is 0.0594. The molecule has 0 aliphatic rings. The van der Waals surface area contributed by atoms with Crippen molar-refractivity contribution < 1.29 is 17.9 Å². The van der Waals surface area contributed by atoms with Crippen molar-refractivity contribution in [3.8, 4) is 11.8 Å². The summed E-state index contributed by atoms with van der Waals surface area (Å²) in [6.45, 7) is 3.66. The Hall–Kier alpha value is -3.74. The predicted octanol–water partition coefficient (Wildman–Crippen LogP) is 3.25. The van der Waals surface area contributed by atoms with Gasteiger partial charge in [0.05, 0.1) is 23.8 Å². The van der Waals surface area contributed by atoms with Crippen LogP contribution in [0.5, 0.6) is 0 Å². The fraction of sp³-hybridized carbons (Fsp3) is 0.130. The zero-order valence-corrected chi connectivity index (χ0v) is 19.5.